The third kappa shape index (κ3) is 4.43. The quantitative estimate of drug-likeness (QED) is 0.598. The van der Waals surface area contributed by atoms with E-state index in [1.807, 2.05) is 0 Å². The molecule has 0 saturated heterocycles. The van der Waals surface area contributed by atoms with Crippen molar-refractivity contribution in [2.75, 3.05) is 0 Å². The highest BCUT2D eigenvalue weighted by Crippen LogP contribution is 2.21. The molecule has 0 unspecified atom stereocenters. The predicted molar refractivity (Wildman–Crippen MR) is 65.3 cm³/mol. The molecule has 0 heterocycles. The van der Waals surface area contributed by atoms with Crippen LogP contribution in [0.5, 0.6) is 0 Å². The summed E-state index contributed by atoms with van der Waals surface area (Å²) < 4.78 is 5.26. The number of amides is 1. The third-order valence-electron chi connectivity index (χ3n) is 2.83. The lowest BCUT2D eigenvalue weighted by molar-refractivity contribution is -0.146. The van der Waals surface area contributed by atoms with E-state index in [0.717, 1.165) is 25.7 Å². The highest BCUT2D eigenvalue weighted by atomic mass is 16.5. The van der Waals surface area contributed by atoms with Crippen molar-refractivity contribution in [3.05, 3.63) is 24.8 Å². The molecule has 1 rings (SSSR count). The molecule has 1 amide bonds. The normalized spacial score (nSPS) is 23.6. The molecular formula is C13H19NO3. The van der Waals surface area contributed by atoms with Crippen molar-refractivity contribution in [1.29, 1.82) is 0 Å². The number of hydrogen-bond donors (Lipinski definition) is 1. The van der Waals surface area contributed by atoms with Gasteiger partial charge in [-0.1, -0.05) is 13.2 Å². The molecule has 0 spiro atoms. The summed E-state index contributed by atoms with van der Waals surface area (Å²) in [5, 5.41) is 2.85. The number of nitrogens with one attached hydrogen (secondary N) is 1. The summed E-state index contributed by atoms with van der Waals surface area (Å²) in [5.74, 6) is -0.476. The molecule has 94 valence electrons. The van der Waals surface area contributed by atoms with Gasteiger partial charge < -0.3 is 10.1 Å². The van der Waals surface area contributed by atoms with Crippen LogP contribution in [-0.4, -0.2) is 24.0 Å². The van der Waals surface area contributed by atoms with E-state index in [4.69, 9.17) is 4.74 Å². The van der Waals surface area contributed by atoms with Crippen molar-refractivity contribution >= 4 is 11.9 Å². The fourth-order valence-electron chi connectivity index (χ4n) is 1.84. The summed E-state index contributed by atoms with van der Waals surface area (Å²) >= 11 is 0. The second kappa shape index (κ2) is 6.23. The van der Waals surface area contributed by atoms with Gasteiger partial charge in [0.1, 0.15) is 6.10 Å². The second-order valence-electron chi connectivity index (χ2n) is 4.37. The number of esters is 1. The molecule has 0 aromatic heterocycles. The fraction of sp³-hybridized carbons (Fsp3) is 0.538. The standard InChI is InChI=1S/C13H19NO3/c1-4-12(15)14-10-5-7-11(8-6-10)17-13(16)9(2)3/h4,10-11H,1-2,5-8H2,3H3,(H,14,15). The van der Waals surface area contributed by atoms with Crippen LogP contribution in [0.1, 0.15) is 32.6 Å². The Bertz CT molecular complexity index is 328. The Hall–Kier alpha value is -1.58. The van der Waals surface area contributed by atoms with Gasteiger partial charge in [0.2, 0.25) is 5.91 Å². The number of rotatable bonds is 4. The lowest BCUT2D eigenvalue weighted by atomic mass is 9.93. The molecule has 1 aliphatic rings. The van der Waals surface area contributed by atoms with Crippen molar-refractivity contribution in [2.24, 2.45) is 0 Å². The first-order chi connectivity index (χ1) is 8.02. The maximum Gasteiger partial charge on any atom is 0.333 e. The van der Waals surface area contributed by atoms with E-state index in [1.165, 1.54) is 6.08 Å². The molecule has 0 aromatic carbocycles. The topological polar surface area (TPSA) is 55.4 Å². The zero-order valence-corrected chi connectivity index (χ0v) is 10.2. The van der Waals surface area contributed by atoms with Crippen LogP contribution in [0.2, 0.25) is 0 Å². The molecule has 0 aliphatic heterocycles. The largest absolute Gasteiger partial charge is 0.459 e. The number of ether oxygens (including phenoxy) is 1. The fourth-order valence-corrected chi connectivity index (χ4v) is 1.84. The van der Waals surface area contributed by atoms with E-state index in [2.05, 4.69) is 18.5 Å². The first-order valence-electron chi connectivity index (χ1n) is 5.82. The van der Waals surface area contributed by atoms with Crippen LogP contribution in [0.25, 0.3) is 0 Å². The van der Waals surface area contributed by atoms with E-state index >= 15 is 0 Å². The molecule has 1 saturated carbocycles. The Morgan fingerprint density at radius 1 is 1.29 bits per heavy atom. The van der Waals surface area contributed by atoms with Gasteiger partial charge >= 0.3 is 5.97 Å². The van der Waals surface area contributed by atoms with Gasteiger partial charge in [0, 0.05) is 11.6 Å². The molecule has 1 fully saturated rings. The summed E-state index contributed by atoms with van der Waals surface area (Å²) in [6.07, 6.45) is 4.44. The molecular weight excluding hydrogens is 218 g/mol. The van der Waals surface area contributed by atoms with Gasteiger partial charge in [0.05, 0.1) is 0 Å². The molecule has 0 radical (unpaired) electrons. The van der Waals surface area contributed by atoms with Gasteiger partial charge in [-0.25, -0.2) is 4.79 Å². The van der Waals surface area contributed by atoms with E-state index in [9.17, 15) is 9.59 Å². The van der Waals surface area contributed by atoms with Crippen molar-refractivity contribution in [1.82, 2.24) is 5.32 Å². The molecule has 4 nitrogen and oxygen atoms in total. The minimum Gasteiger partial charge on any atom is -0.459 e. The molecule has 0 aromatic rings. The van der Waals surface area contributed by atoms with E-state index < -0.39 is 0 Å². The van der Waals surface area contributed by atoms with Crippen LogP contribution in [0.4, 0.5) is 0 Å². The lowest BCUT2D eigenvalue weighted by Gasteiger charge is -2.28. The average molecular weight is 237 g/mol. The Labute approximate surface area is 102 Å². The van der Waals surface area contributed by atoms with Crippen LogP contribution in [0.15, 0.2) is 24.8 Å². The summed E-state index contributed by atoms with van der Waals surface area (Å²) in [4.78, 5) is 22.4. The van der Waals surface area contributed by atoms with Crippen molar-refractivity contribution in [3.63, 3.8) is 0 Å². The van der Waals surface area contributed by atoms with Gasteiger partial charge in [0.25, 0.3) is 0 Å². The van der Waals surface area contributed by atoms with Gasteiger partial charge in [0.15, 0.2) is 0 Å². The van der Waals surface area contributed by atoms with Crippen LogP contribution in [-0.2, 0) is 14.3 Å². The Morgan fingerprint density at radius 2 is 1.88 bits per heavy atom. The molecule has 17 heavy (non-hydrogen) atoms. The molecule has 0 bridgehead atoms. The van der Waals surface area contributed by atoms with Gasteiger partial charge in [-0.2, -0.15) is 0 Å². The molecule has 1 N–H and O–H groups in total. The van der Waals surface area contributed by atoms with Crippen LogP contribution < -0.4 is 5.32 Å². The van der Waals surface area contributed by atoms with E-state index in [-0.39, 0.29) is 24.0 Å². The van der Waals surface area contributed by atoms with Crippen molar-refractivity contribution in [3.8, 4) is 0 Å². The highest BCUT2D eigenvalue weighted by molar-refractivity contribution is 5.87. The lowest BCUT2D eigenvalue weighted by Crippen LogP contribution is -2.38. The minimum atomic E-state index is -0.330. The van der Waals surface area contributed by atoms with Crippen LogP contribution >= 0.6 is 0 Å². The second-order valence-corrected chi connectivity index (χ2v) is 4.37. The van der Waals surface area contributed by atoms with Crippen LogP contribution in [0, 0.1) is 0 Å². The SMILES string of the molecule is C=CC(=O)NC1CCC(OC(=O)C(=C)C)CC1. The van der Waals surface area contributed by atoms with Crippen molar-refractivity contribution in [2.45, 2.75) is 44.8 Å². The van der Waals surface area contributed by atoms with Crippen LogP contribution in [0.3, 0.4) is 0 Å². The first kappa shape index (κ1) is 13.5. The first-order valence-corrected chi connectivity index (χ1v) is 5.82. The monoisotopic (exact) mass is 237 g/mol. The summed E-state index contributed by atoms with van der Waals surface area (Å²) in [6, 6.07) is 0.167. The minimum absolute atomic E-state index is 0.0453. The Morgan fingerprint density at radius 3 is 2.35 bits per heavy atom. The van der Waals surface area contributed by atoms with Gasteiger partial charge in [-0.15, -0.1) is 0 Å². The number of carbonyl (C=O) groups is 2. The summed E-state index contributed by atoms with van der Waals surface area (Å²) in [5.41, 5.74) is 0.423. The maximum atomic E-state index is 11.3. The van der Waals surface area contributed by atoms with Gasteiger partial charge in [-0.05, 0) is 38.7 Å². The number of carbonyl (C=O) groups excluding carboxylic acids is 2. The number of hydrogen-bond acceptors (Lipinski definition) is 3. The molecule has 1 aliphatic carbocycles. The average Bonchev–Trinajstić information content (AvgIpc) is 2.31. The van der Waals surface area contributed by atoms with E-state index in [1.54, 1.807) is 6.92 Å². The maximum absolute atomic E-state index is 11.3. The van der Waals surface area contributed by atoms with Crippen molar-refractivity contribution < 1.29 is 14.3 Å². The highest BCUT2D eigenvalue weighted by Gasteiger charge is 2.24. The zero-order valence-electron chi connectivity index (χ0n) is 10.2. The van der Waals surface area contributed by atoms with Gasteiger partial charge in [-0.3, -0.25) is 4.79 Å². The summed E-state index contributed by atoms with van der Waals surface area (Å²) in [7, 11) is 0. The Balaban J connectivity index is 2.30. The molecule has 4 heteroatoms. The third-order valence-corrected chi connectivity index (χ3v) is 2.83. The summed E-state index contributed by atoms with van der Waals surface area (Å²) in [6.45, 7) is 8.59. The Kier molecular flexibility index (Phi) is 4.94. The smallest absolute Gasteiger partial charge is 0.333 e. The zero-order chi connectivity index (χ0) is 12.8. The molecule has 0 atom stereocenters. The predicted octanol–water partition coefficient (Wildman–Crippen LogP) is 1.72. The van der Waals surface area contributed by atoms with E-state index in [0.29, 0.717) is 5.57 Å².